The third-order valence-electron chi connectivity index (χ3n) is 0.544. The lowest BCUT2D eigenvalue weighted by Crippen LogP contribution is -2.27. The van der Waals surface area contributed by atoms with Crippen LogP contribution in [0.1, 0.15) is 0 Å². The van der Waals surface area contributed by atoms with E-state index in [1.54, 1.807) is 0 Å². The van der Waals surface area contributed by atoms with E-state index in [1.165, 1.54) is 0 Å². The van der Waals surface area contributed by atoms with E-state index in [-0.39, 0.29) is 62.7 Å². The molecule has 0 aliphatic rings. The van der Waals surface area contributed by atoms with Crippen molar-refractivity contribution in [3.05, 3.63) is 0 Å². The molecule has 0 aromatic carbocycles. The van der Waals surface area contributed by atoms with Gasteiger partial charge in [0.15, 0.2) is 0 Å². The number of halogens is 4. The Kier molecular flexibility index (Phi) is 68.6. The normalized spacial score (nSPS) is 6.00. The van der Waals surface area contributed by atoms with Crippen molar-refractivity contribution in [1.82, 2.24) is 0 Å². The van der Waals surface area contributed by atoms with Crippen LogP contribution in [0.25, 0.3) is 0 Å². The minimum absolute atomic E-state index is 0. The second kappa shape index (κ2) is 22.5. The molecule has 0 aromatic rings. The van der Waals surface area contributed by atoms with Gasteiger partial charge in [-0.15, -0.1) is 49.6 Å². The molecule has 0 spiro atoms. The number of rotatable bonds is 2. The SMILES string of the molecule is Cl.Cl.Cl.Cl.NCC(O)CN. The van der Waals surface area contributed by atoms with Crippen LogP contribution in [0.15, 0.2) is 0 Å². The maximum atomic E-state index is 8.42. The molecule has 0 rings (SSSR count). The number of hydrogen-bond donors (Lipinski definition) is 3. The van der Waals surface area contributed by atoms with Gasteiger partial charge in [-0.05, 0) is 0 Å². The summed E-state index contributed by atoms with van der Waals surface area (Å²) in [5.41, 5.74) is 9.91. The van der Waals surface area contributed by atoms with Gasteiger partial charge in [0, 0.05) is 13.1 Å². The molecule has 0 radical (unpaired) electrons. The summed E-state index contributed by atoms with van der Waals surface area (Å²) in [6.45, 7) is 0.521. The first-order chi connectivity index (χ1) is 2.81. The van der Waals surface area contributed by atoms with Crippen molar-refractivity contribution in [2.45, 2.75) is 6.10 Å². The molecule has 0 aliphatic heterocycles. The highest BCUT2D eigenvalue weighted by molar-refractivity contribution is 5.86. The van der Waals surface area contributed by atoms with E-state index >= 15 is 0 Å². The quantitative estimate of drug-likeness (QED) is 0.629. The van der Waals surface area contributed by atoms with Gasteiger partial charge in [-0.25, -0.2) is 0 Å². The molecule has 3 nitrogen and oxygen atoms in total. The highest BCUT2D eigenvalue weighted by Gasteiger charge is 1.91. The molecule has 5 N–H and O–H groups in total. The summed E-state index contributed by atoms with van der Waals surface area (Å²) < 4.78 is 0. The number of hydrogen-bond acceptors (Lipinski definition) is 3. The Bertz CT molecular complexity index is 37.7. The van der Waals surface area contributed by atoms with Gasteiger partial charge in [0.2, 0.25) is 0 Å². The third-order valence-corrected chi connectivity index (χ3v) is 0.544. The Balaban J connectivity index is -0.0000000208. The van der Waals surface area contributed by atoms with Gasteiger partial charge in [0.05, 0.1) is 6.10 Å². The van der Waals surface area contributed by atoms with Gasteiger partial charge >= 0.3 is 0 Å². The summed E-state index contributed by atoms with van der Waals surface area (Å²) in [7, 11) is 0. The summed E-state index contributed by atoms with van der Waals surface area (Å²) in [5.74, 6) is 0. The lowest BCUT2D eigenvalue weighted by Gasteiger charge is -1.98. The average molecular weight is 236 g/mol. The van der Waals surface area contributed by atoms with Crippen LogP contribution in [0.2, 0.25) is 0 Å². The first-order valence-electron chi connectivity index (χ1n) is 1.89. The van der Waals surface area contributed by atoms with E-state index in [0.29, 0.717) is 0 Å². The van der Waals surface area contributed by atoms with Crippen LogP contribution >= 0.6 is 49.6 Å². The van der Waals surface area contributed by atoms with Gasteiger partial charge < -0.3 is 16.6 Å². The Labute approximate surface area is 85.6 Å². The Hall–Kier alpha value is 1.04. The Morgan fingerprint density at radius 2 is 1.10 bits per heavy atom. The van der Waals surface area contributed by atoms with Crippen molar-refractivity contribution in [2.75, 3.05) is 13.1 Å². The zero-order valence-electron chi connectivity index (χ0n) is 5.23. The molecule has 70 valence electrons. The van der Waals surface area contributed by atoms with E-state index < -0.39 is 6.10 Å². The maximum Gasteiger partial charge on any atom is 0.0784 e. The van der Waals surface area contributed by atoms with E-state index in [4.69, 9.17) is 16.6 Å². The molecule has 0 aromatic heterocycles. The molecule has 0 heterocycles. The topological polar surface area (TPSA) is 72.3 Å². The van der Waals surface area contributed by atoms with Gasteiger partial charge in [-0.3, -0.25) is 0 Å². The summed E-state index contributed by atoms with van der Waals surface area (Å²) in [6.07, 6.45) is -0.509. The van der Waals surface area contributed by atoms with Gasteiger partial charge in [0.1, 0.15) is 0 Å². The summed E-state index contributed by atoms with van der Waals surface area (Å²) in [5, 5.41) is 8.42. The minimum Gasteiger partial charge on any atom is -0.390 e. The molecular weight excluding hydrogens is 222 g/mol. The molecule has 0 amide bonds. The maximum absolute atomic E-state index is 8.42. The summed E-state index contributed by atoms with van der Waals surface area (Å²) >= 11 is 0. The van der Waals surface area contributed by atoms with Gasteiger partial charge in [-0.2, -0.15) is 0 Å². The molecule has 10 heavy (non-hydrogen) atoms. The Morgan fingerprint density at radius 3 is 1.10 bits per heavy atom. The van der Waals surface area contributed by atoms with Crippen molar-refractivity contribution >= 4 is 49.6 Å². The first kappa shape index (κ1) is 30.5. The molecular formula is C3H14Cl4N2O. The lowest BCUT2D eigenvalue weighted by atomic mass is 10.4. The molecule has 0 saturated heterocycles. The van der Waals surface area contributed by atoms with Crippen LogP contribution in [-0.2, 0) is 0 Å². The average Bonchev–Trinajstić information content (AvgIpc) is 1.65. The standard InChI is InChI=1S/C3H10N2O.4ClH/c4-1-3(6)2-5;;;;/h3,6H,1-2,4-5H2;4*1H. The number of aliphatic hydroxyl groups is 1. The van der Waals surface area contributed by atoms with Crippen LogP contribution in [0, 0.1) is 0 Å². The van der Waals surface area contributed by atoms with Crippen LogP contribution < -0.4 is 11.5 Å². The monoisotopic (exact) mass is 234 g/mol. The highest BCUT2D eigenvalue weighted by Crippen LogP contribution is 1.66. The smallest absolute Gasteiger partial charge is 0.0784 e. The van der Waals surface area contributed by atoms with Crippen LogP contribution in [-0.4, -0.2) is 24.3 Å². The fourth-order valence-corrected chi connectivity index (χ4v) is 0.0962. The summed E-state index contributed by atoms with van der Waals surface area (Å²) in [6, 6.07) is 0. The van der Waals surface area contributed by atoms with E-state index in [9.17, 15) is 0 Å². The lowest BCUT2D eigenvalue weighted by molar-refractivity contribution is 0.191. The second-order valence-corrected chi connectivity index (χ2v) is 1.13. The van der Waals surface area contributed by atoms with Gasteiger partial charge in [-0.1, -0.05) is 0 Å². The fraction of sp³-hybridized carbons (Fsp3) is 1.00. The molecule has 0 bridgehead atoms. The molecule has 0 unspecified atom stereocenters. The van der Waals surface area contributed by atoms with Crippen molar-refractivity contribution in [3.8, 4) is 0 Å². The zero-order valence-corrected chi connectivity index (χ0v) is 8.49. The molecule has 0 fully saturated rings. The molecule has 0 saturated carbocycles. The molecule has 0 aliphatic carbocycles. The van der Waals surface area contributed by atoms with E-state index in [0.717, 1.165) is 0 Å². The highest BCUT2D eigenvalue weighted by atomic mass is 35.5. The predicted octanol–water partition coefficient (Wildman–Crippen LogP) is -0.0481. The third kappa shape index (κ3) is 23.0. The zero-order chi connectivity index (χ0) is 4.99. The van der Waals surface area contributed by atoms with Crippen LogP contribution in [0.5, 0.6) is 0 Å². The Morgan fingerprint density at radius 1 is 0.900 bits per heavy atom. The van der Waals surface area contributed by atoms with Crippen LogP contribution in [0.3, 0.4) is 0 Å². The van der Waals surface area contributed by atoms with Crippen molar-refractivity contribution in [3.63, 3.8) is 0 Å². The fourth-order valence-electron chi connectivity index (χ4n) is 0.0962. The second-order valence-electron chi connectivity index (χ2n) is 1.13. The minimum atomic E-state index is -0.509. The largest absolute Gasteiger partial charge is 0.390 e. The van der Waals surface area contributed by atoms with Crippen molar-refractivity contribution < 1.29 is 5.11 Å². The van der Waals surface area contributed by atoms with Crippen LogP contribution in [0.4, 0.5) is 0 Å². The van der Waals surface area contributed by atoms with Crippen molar-refractivity contribution in [1.29, 1.82) is 0 Å². The predicted molar refractivity (Wildman–Crippen MR) is 53.1 cm³/mol. The summed E-state index contributed by atoms with van der Waals surface area (Å²) in [4.78, 5) is 0. The van der Waals surface area contributed by atoms with Crippen molar-refractivity contribution in [2.24, 2.45) is 11.5 Å². The first-order valence-corrected chi connectivity index (χ1v) is 1.89. The number of nitrogens with two attached hydrogens (primary N) is 2. The van der Waals surface area contributed by atoms with E-state index in [1.807, 2.05) is 0 Å². The molecule has 7 heteroatoms. The number of aliphatic hydroxyl groups excluding tert-OH is 1. The molecule has 0 atom stereocenters. The van der Waals surface area contributed by atoms with Gasteiger partial charge in [0.25, 0.3) is 0 Å². The van der Waals surface area contributed by atoms with E-state index in [2.05, 4.69) is 0 Å².